The number of hydrogen-bond acceptors (Lipinski definition) is 4. The van der Waals surface area contributed by atoms with E-state index in [1.165, 1.54) is 37.4 Å². The van der Waals surface area contributed by atoms with E-state index in [-0.39, 0.29) is 0 Å². The normalized spacial score (nSPS) is 12.4. The van der Waals surface area contributed by atoms with Crippen LogP contribution in [0, 0.1) is 13.8 Å². The van der Waals surface area contributed by atoms with Crippen molar-refractivity contribution in [3.05, 3.63) is 67.6 Å². The second kappa shape index (κ2) is 14.1. The summed E-state index contributed by atoms with van der Waals surface area (Å²) in [5.41, 5.74) is 5.09. The first kappa shape index (κ1) is 27.9. The van der Waals surface area contributed by atoms with Gasteiger partial charge in [0, 0.05) is 17.0 Å². The fourth-order valence-electron chi connectivity index (χ4n) is 3.34. The van der Waals surface area contributed by atoms with E-state index in [1.54, 1.807) is 12.5 Å². The van der Waals surface area contributed by atoms with Crippen LogP contribution in [-0.2, 0) is 17.8 Å². The third kappa shape index (κ3) is 8.13. The highest BCUT2D eigenvalue weighted by Gasteiger charge is 2.14. The van der Waals surface area contributed by atoms with E-state index in [0.29, 0.717) is 6.61 Å². The highest BCUT2D eigenvalue weighted by atomic mass is 79.9. The number of hydrogen-bond donors (Lipinski definition) is 0. The van der Waals surface area contributed by atoms with Gasteiger partial charge in [0.2, 0.25) is 0 Å². The fourth-order valence-corrected chi connectivity index (χ4v) is 5.43. The number of benzene rings is 2. The Bertz CT molecular complexity index is 1050. The van der Waals surface area contributed by atoms with Crippen molar-refractivity contribution >= 4 is 55.9 Å². The molecule has 2 aromatic carbocycles. The Labute approximate surface area is 214 Å². The van der Waals surface area contributed by atoms with E-state index in [2.05, 4.69) is 55.8 Å². The molecule has 0 N–H and O–H groups in total. The summed E-state index contributed by atoms with van der Waals surface area (Å²) in [5.74, 6) is 0.829. The van der Waals surface area contributed by atoms with Crippen molar-refractivity contribution < 1.29 is 13.7 Å². The molecule has 0 saturated carbocycles. The number of aryl methyl sites for hydroxylation is 1. The van der Waals surface area contributed by atoms with Crippen molar-refractivity contribution in [2.75, 3.05) is 12.5 Å². The van der Waals surface area contributed by atoms with Gasteiger partial charge in [-0.2, -0.15) is 0 Å². The first-order valence-electron chi connectivity index (χ1n) is 11.3. The highest BCUT2D eigenvalue weighted by Crippen LogP contribution is 2.33. The second-order valence-electron chi connectivity index (χ2n) is 7.96. The molecular weight excluding hydrogens is 516 g/mol. The lowest BCUT2D eigenvalue weighted by Gasteiger charge is -2.15. The predicted octanol–water partition coefficient (Wildman–Crippen LogP) is 9.02. The minimum absolute atomic E-state index is 0.439. The van der Waals surface area contributed by atoms with Gasteiger partial charge >= 0.3 is 0 Å². The van der Waals surface area contributed by atoms with E-state index < -0.39 is 11.2 Å². The van der Waals surface area contributed by atoms with Crippen molar-refractivity contribution in [1.82, 2.24) is 0 Å². The molecule has 1 aromatic heterocycles. The maximum Gasteiger partial charge on any atom is 0.186 e. The van der Waals surface area contributed by atoms with Gasteiger partial charge in [-0.25, -0.2) is 0 Å². The molecule has 0 aliphatic carbocycles. The van der Waals surface area contributed by atoms with Gasteiger partial charge in [0.15, 0.2) is 4.24 Å². The third-order valence-electron chi connectivity index (χ3n) is 5.37. The lowest BCUT2D eigenvalue weighted by Crippen LogP contribution is -2.02. The van der Waals surface area contributed by atoms with Crippen molar-refractivity contribution in [3.8, 4) is 5.75 Å². The van der Waals surface area contributed by atoms with Gasteiger partial charge in [-0.3, -0.25) is 0 Å². The molecule has 180 valence electrons. The van der Waals surface area contributed by atoms with Gasteiger partial charge < -0.3 is 13.7 Å². The Balaban J connectivity index is 0.000000569. The monoisotopic (exact) mass is 550 g/mol. The molecule has 3 aromatic rings. The first-order chi connectivity index (χ1) is 15.8. The summed E-state index contributed by atoms with van der Waals surface area (Å²) in [4.78, 5) is 0. The Morgan fingerprint density at radius 1 is 1.15 bits per heavy atom. The zero-order valence-electron chi connectivity index (χ0n) is 20.5. The van der Waals surface area contributed by atoms with Gasteiger partial charge in [-0.1, -0.05) is 63.4 Å². The predicted molar refractivity (Wildman–Crippen MR) is 150 cm³/mol. The van der Waals surface area contributed by atoms with Crippen LogP contribution >= 0.6 is 27.7 Å². The molecule has 33 heavy (non-hydrogen) atoms. The Hall–Kier alpha value is -1.34. The minimum Gasteiger partial charge on any atom is -0.611 e. The van der Waals surface area contributed by atoms with Gasteiger partial charge in [0.25, 0.3) is 0 Å². The molecule has 0 aliphatic heterocycles. The van der Waals surface area contributed by atoms with Crippen LogP contribution in [0.1, 0.15) is 61.8 Å². The SMILES string of the molecule is CCCCCC.CSC(=Cc1ccc(C)c(C)c1OCc1cc(Br)c2occc2c1)[S+](C)[O-]. The van der Waals surface area contributed by atoms with E-state index >= 15 is 0 Å². The maximum atomic E-state index is 11.9. The number of furan rings is 1. The van der Waals surface area contributed by atoms with Crippen LogP contribution in [0.5, 0.6) is 5.75 Å². The molecule has 0 amide bonds. The molecule has 1 unspecified atom stereocenters. The summed E-state index contributed by atoms with van der Waals surface area (Å²) >= 11 is 4.03. The number of fused-ring (bicyclic) bond motifs is 1. The molecule has 0 fully saturated rings. The molecule has 3 nitrogen and oxygen atoms in total. The molecule has 0 radical (unpaired) electrons. The summed E-state index contributed by atoms with van der Waals surface area (Å²) in [5, 5.41) is 1.04. The fraction of sp³-hybridized carbons (Fsp3) is 0.407. The molecular formula is C27H35BrO3S2. The molecule has 0 saturated heterocycles. The number of rotatable bonds is 9. The third-order valence-corrected chi connectivity index (χ3v) is 8.37. The van der Waals surface area contributed by atoms with Gasteiger partial charge in [0.1, 0.15) is 24.2 Å². The molecule has 1 heterocycles. The lowest BCUT2D eigenvalue weighted by molar-refractivity contribution is 0.303. The highest BCUT2D eigenvalue weighted by molar-refractivity contribution is 9.10. The summed E-state index contributed by atoms with van der Waals surface area (Å²) in [6.45, 7) is 9.02. The van der Waals surface area contributed by atoms with E-state index in [0.717, 1.165) is 47.7 Å². The van der Waals surface area contributed by atoms with Crippen LogP contribution in [0.2, 0.25) is 0 Å². The van der Waals surface area contributed by atoms with Crippen molar-refractivity contribution in [2.45, 2.75) is 60.0 Å². The smallest absolute Gasteiger partial charge is 0.186 e. The van der Waals surface area contributed by atoms with E-state index in [9.17, 15) is 4.55 Å². The number of ether oxygens (including phenoxy) is 1. The Morgan fingerprint density at radius 3 is 2.45 bits per heavy atom. The largest absolute Gasteiger partial charge is 0.611 e. The van der Waals surface area contributed by atoms with Crippen molar-refractivity contribution in [1.29, 1.82) is 0 Å². The summed E-state index contributed by atoms with van der Waals surface area (Å²) in [6.07, 6.45) is 12.8. The number of unbranched alkanes of at least 4 members (excludes halogenated alkanes) is 3. The van der Waals surface area contributed by atoms with Gasteiger partial charge in [0.05, 0.1) is 10.7 Å². The van der Waals surface area contributed by atoms with Crippen LogP contribution in [0.25, 0.3) is 17.0 Å². The molecule has 0 spiro atoms. The van der Waals surface area contributed by atoms with Crippen molar-refractivity contribution in [3.63, 3.8) is 0 Å². The van der Waals surface area contributed by atoms with Gasteiger partial charge in [-0.15, -0.1) is 0 Å². The quantitative estimate of drug-likeness (QED) is 0.197. The Kier molecular flexibility index (Phi) is 12.0. The molecule has 0 aliphatic rings. The summed E-state index contributed by atoms with van der Waals surface area (Å²) < 4.78 is 25.4. The summed E-state index contributed by atoms with van der Waals surface area (Å²) in [6, 6.07) is 10.1. The van der Waals surface area contributed by atoms with Crippen LogP contribution in [0.4, 0.5) is 0 Å². The molecule has 6 heteroatoms. The topological polar surface area (TPSA) is 45.4 Å². The lowest BCUT2D eigenvalue weighted by atomic mass is 10.0. The van der Waals surface area contributed by atoms with Crippen LogP contribution < -0.4 is 4.74 Å². The van der Waals surface area contributed by atoms with E-state index in [1.807, 2.05) is 30.5 Å². The summed E-state index contributed by atoms with van der Waals surface area (Å²) in [7, 11) is 0. The number of thioether (sulfide) groups is 1. The van der Waals surface area contributed by atoms with Crippen LogP contribution in [0.3, 0.4) is 0 Å². The van der Waals surface area contributed by atoms with Crippen molar-refractivity contribution in [2.24, 2.45) is 0 Å². The molecule has 3 rings (SSSR count). The van der Waals surface area contributed by atoms with Gasteiger partial charge in [-0.05, 0) is 82.1 Å². The second-order valence-corrected chi connectivity index (χ2v) is 11.3. The van der Waals surface area contributed by atoms with Crippen LogP contribution in [-0.4, -0.2) is 17.1 Å². The Morgan fingerprint density at radius 2 is 1.85 bits per heavy atom. The zero-order chi connectivity index (χ0) is 24.4. The standard InChI is InChI=1S/C21H21BrO3S2.C6H14/c1-13-5-6-16(11-19(26-3)27(4)23)20(14(13)2)25-12-15-9-17-7-8-24-21(17)18(22)10-15;1-3-5-6-4-2/h5-11H,12H2,1-4H3;3-6H2,1-2H3. The maximum absolute atomic E-state index is 11.9. The van der Waals surface area contributed by atoms with Crippen LogP contribution in [0.15, 0.2) is 49.7 Å². The zero-order valence-corrected chi connectivity index (χ0v) is 23.7. The first-order valence-corrected chi connectivity index (χ1v) is 14.9. The number of halogens is 1. The van der Waals surface area contributed by atoms with E-state index in [4.69, 9.17) is 9.15 Å². The minimum atomic E-state index is -1.03. The molecule has 1 atom stereocenters. The average Bonchev–Trinajstić information content (AvgIpc) is 3.27. The average molecular weight is 552 g/mol. The molecule has 0 bridgehead atoms.